The van der Waals surface area contributed by atoms with E-state index in [1.165, 1.54) is 6.42 Å². The molecule has 5 N–H and O–H groups in total. The van der Waals surface area contributed by atoms with Gasteiger partial charge in [0, 0.05) is 19.3 Å². The predicted molar refractivity (Wildman–Crippen MR) is 71.7 cm³/mol. The first-order valence-corrected chi connectivity index (χ1v) is 7.02. The van der Waals surface area contributed by atoms with Gasteiger partial charge in [-0.25, -0.2) is 4.90 Å². The Bertz CT molecular complexity index is 253. The van der Waals surface area contributed by atoms with Gasteiger partial charge >= 0.3 is 0 Å². The lowest BCUT2D eigenvalue weighted by Crippen LogP contribution is -2.54. The van der Waals surface area contributed by atoms with E-state index >= 15 is 0 Å². The smallest absolute Gasteiger partial charge is 0.113 e. The Morgan fingerprint density at radius 3 is 2.89 bits per heavy atom. The summed E-state index contributed by atoms with van der Waals surface area (Å²) < 4.78 is 6.08. The SMILES string of the molecule is CC[C@@H]1CC[C@H](N2CNC(CN)C2NCNC)O1. The molecule has 2 saturated heterocycles. The molecule has 6 heteroatoms. The molecule has 6 nitrogen and oxygen atoms in total. The second-order valence-electron chi connectivity index (χ2n) is 5.10. The van der Waals surface area contributed by atoms with E-state index in [0.29, 0.717) is 18.7 Å². The normalized spacial score (nSPS) is 37.5. The standard InChI is InChI=1S/C12H27N5O/c1-3-9-4-5-11(18-9)17-8-16-10(6-13)12(17)15-7-14-2/h9-12,14-16H,3-8,13H2,1-2H3/t9-,10?,11-,12?/m1/s1. The van der Waals surface area contributed by atoms with Crippen molar-refractivity contribution >= 4 is 0 Å². The second-order valence-corrected chi connectivity index (χ2v) is 5.10. The van der Waals surface area contributed by atoms with Crippen LogP contribution in [0.4, 0.5) is 0 Å². The van der Waals surface area contributed by atoms with Crippen LogP contribution in [0.2, 0.25) is 0 Å². The molecule has 2 aliphatic rings. The first-order valence-electron chi connectivity index (χ1n) is 7.02. The minimum absolute atomic E-state index is 0.230. The summed E-state index contributed by atoms with van der Waals surface area (Å²) in [7, 11) is 1.94. The van der Waals surface area contributed by atoms with Crippen molar-refractivity contribution in [3.05, 3.63) is 0 Å². The van der Waals surface area contributed by atoms with Gasteiger partial charge in [-0.05, 0) is 26.3 Å². The Balaban J connectivity index is 1.93. The molecule has 2 fully saturated rings. The van der Waals surface area contributed by atoms with Crippen molar-refractivity contribution in [3.63, 3.8) is 0 Å². The molecule has 0 aromatic rings. The monoisotopic (exact) mass is 257 g/mol. The van der Waals surface area contributed by atoms with Crippen molar-refractivity contribution in [1.82, 2.24) is 20.9 Å². The third-order valence-electron chi connectivity index (χ3n) is 3.93. The minimum Gasteiger partial charge on any atom is -0.360 e. The van der Waals surface area contributed by atoms with Crippen LogP contribution in [0.1, 0.15) is 26.2 Å². The molecule has 0 aromatic carbocycles. The Morgan fingerprint density at radius 2 is 2.28 bits per heavy atom. The molecule has 0 amide bonds. The molecular formula is C12H27N5O. The van der Waals surface area contributed by atoms with Crippen molar-refractivity contribution in [2.75, 3.05) is 26.9 Å². The number of hydrogen-bond acceptors (Lipinski definition) is 6. The summed E-state index contributed by atoms with van der Waals surface area (Å²) in [5.74, 6) is 0. The van der Waals surface area contributed by atoms with E-state index in [2.05, 4.69) is 27.8 Å². The minimum atomic E-state index is 0.230. The highest BCUT2D eigenvalue weighted by molar-refractivity contribution is 4.92. The van der Waals surface area contributed by atoms with Crippen LogP contribution in [0.5, 0.6) is 0 Å². The number of ether oxygens (including phenoxy) is 1. The van der Waals surface area contributed by atoms with E-state index in [-0.39, 0.29) is 12.4 Å². The average molecular weight is 257 g/mol. The lowest BCUT2D eigenvalue weighted by molar-refractivity contribution is -0.0671. The zero-order chi connectivity index (χ0) is 13.0. The largest absolute Gasteiger partial charge is 0.360 e. The first-order chi connectivity index (χ1) is 8.80. The highest BCUT2D eigenvalue weighted by atomic mass is 16.5. The van der Waals surface area contributed by atoms with Gasteiger partial charge in [0.25, 0.3) is 0 Å². The molecule has 0 spiro atoms. The van der Waals surface area contributed by atoms with Crippen LogP contribution in [0.25, 0.3) is 0 Å². The third-order valence-corrected chi connectivity index (χ3v) is 3.93. The third kappa shape index (κ3) is 3.01. The van der Waals surface area contributed by atoms with Crippen molar-refractivity contribution < 1.29 is 4.74 Å². The van der Waals surface area contributed by atoms with E-state index < -0.39 is 0 Å². The molecule has 2 rings (SSSR count). The molecule has 2 aliphatic heterocycles. The van der Waals surface area contributed by atoms with E-state index in [1.54, 1.807) is 0 Å². The summed E-state index contributed by atoms with van der Waals surface area (Å²) in [5, 5.41) is 10.1. The number of rotatable bonds is 6. The molecule has 18 heavy (non-hydrogen) atoms. The number of hydrogen-bond donors (Lipinski definition) is 4. The Hall–Kier alpha value is -0.240. The van der Waals surface area contributed by atoms with Gasteiger partial charge in [0.2, 0.25) is 0 Å². The summed E-state index contributed by atoms with van der Waals surface area (Å²) in [6, 6.07) is 0.294. The molecule has 0 aromatic heterocycles. The summed E-state index contributed by atoms with van der Waals surface area (Å²) in [6.07, 6.45) is 4.30. The number of nitrogens with one attached hydrogen (secondary N) is 3. The van der Waals surface area contributed by atoms with Crippen LogP contribution in [0, 0.1) is 0 Å². The Kier molecular flexibility index (Phi) is 5.35. The Morgan fingerprint density at radius 1 is 1.44 bits per heavy atom. The molecule has 2 unspecified atom stereocenters. The van der Waals surface area contributed by atoms with Crippen molar-refractivity contribution in [1.29, 1.82) is 0 Å². The first kappa shape index (κ1) is 14.2. The summed E-state index contributed by atoms with van der Waals surface area (Å²) in [4.78, 5) is 2.37. The van der Waals surface area contributed by atoms with Gasteiger partial charge in [-0.2, -0.15) is 0 Å². The molecule has 0 bridgehead atoms. The van der Waals surface area contributed by atoms with Crippen LogP contribution in [-0.2, 0) is 4.74 Å². The van der Waals surface area contributed by atoms with Gasteiger partial charge in [0.1, 0.15) is 6.23 Å². The van der Waals surface area contributed by atoms with Crippen LogP contribution >= 0.6 is 0 Å². The number of nitrogens with zero attached hydrogens (tertiary/aromatic N) is 1. The number of nitrogens with two attached hydrogens (primary N) is 1. The zero-order valence-corrected chi connectivity index (χ0v) is 11.5. The van der Waals surface area contributed by atoms with Gasteiger partial charge in [0.15, 0.2) is 0 Å². The molecule has 0 aliphatic carbocycles. The van der Waals surface area contributed by atoms with Gasteiger partial charge in [-0.3, -0.25) is 10.6 Å². The van der Waals surface area contributed by atoms with E-state index in [9.17, 15) is 0 Å². The predicted octanol–water partition coefficient (Wildman–Crippen LogP) is -0.816. The summed E-state index contributed by atoms with van der Waals surface area (Å²) >= 11 is 0. The fourth-order valence-electron chi connectivity index (χ4n) is 2.85. The molecular weight excluding hydrogens is 230 g/mol. The van der Waals surface area contributed by atoms with Gasteiger partial charge < -0.3 is 15.8 Å². The van der Waals surface area contributed by atoms with Gasteiger partial charge in [0.05, 0.1) is 18.9 Å². The second kappa shape index (κ2) is 6.79. The molecule has 2 heterocycles. The van der Waals surface area contributed by atoms with E-state index in [0.717, 1.165) is 26.2 Å². The summed E-state index contributed by atoms with van der Waals surface area (Å²) in [6.45, 7) is 4.46. The highest BCUT2D eigenvalue weighted by Crippen LogP contribution is 2.27. The maximum absolute atomic E-state index is 6.08. The fourth-order valence-corrected chi connectivity index (χ4v) is 2.85. The van der Waals surface area contributed by atoms with Gasteiger partial charge in [-0.15, -0.1) is 0 Å². The fraction of sp³-hybridized carbons (Fsp3) is 1.00. The molecule has 106 valence electrons. The maximum Gasteiger partial charge on any atom is 0.113 e. The van der Waals surface area contributed by atoms with Gasteiger partial charge in [-0.1, -0.05) is 6.92 Å². The van der Waals surface area contributed by atoms with Crippen LogP contribution in [0.15, 0.2) is 0 Å². The van der Waals surface area contributed by atoms with Crippen LogP contribution in [-0.4, -0.2) is 56.4 Å². The lowest BCUT2D eigenvalue weighted by atomic mass is 10.2. The average Bonchev–Trinajstić information content (AvgIpc) is 3.01. The zero-order valence-electron chi connectivity index (χ0n) is 11.5. The summed E-state index contributed by atoms with van der Waals surface area (Å²) in [5.41, 5.74) is 5.82. The van der Waals surface area contributed by atoms with Crippen molar-refractivity contribution in [2.24, 2.45) is 5.73 Å². The quantitative estimate of drug-likeness (QED) is 0.466. The van der Waals surface area contributed by atoms with Crippen LogP contribution < -0.4 is 21.7 Å². The molecule has 4 atom stereocenters. The van der Waals surface area contributed by atoms with Crippen molar-refractivity contribution in [3.8, 4) is 0 Å². The van der Waals surface area contributed by atoms with Crippen molar-refractivity contribution in [2.45, 2.75) is 50.7 Å². The van der Waals surface area contributed by atoms with E-state index in [1.807, 2.05) is 7.05 Å². The van der Waals surface area contributed by atoms with Crippen LogP contribution in [0.3, 0.4) is 0 Å². The van der Waals surface area contributed by atoms with E-state index in [4.69, 9.17) is 10.5 Å². The highest BCUT2D eigenvalue weighted by Gasteiger charge is 2.39. The lowest BCUT2D eigenvalue weighted by Gasteiger charge is -2.32. The maximum atomic E-state index is 6.08. The molecule has 0 radical (unpaired) electrons. The Labute approximate surface area is 110 Å². The molecule has 0 saturated carbocycles. The topological polar surface area (TPSA) is 74.6 Å².